The van der Waals surface area contributed by atoms with Gasteiger partial charge in [0, 0.05) is 10.7 Å². The lowest BCUT2D eigenvalue weighted by atomic mass is 9.99. The summed E-state index contributed by atoms with van der Waals surface area (Å²) in [6, 6.07) is 15.7. The van der Waals surface area contributed by atoms with E-state index < -0.39 is 0 Å². The molecule has 0 aliphatic rings. The number of aromatic nitrogens is 1. The monoisotopic (exact) mass is 369 g/mol. The maximum absolute atomic E-state index is 12.5. The number of amides is 1. The molecule has 5 heteroatoms. The molecule has 0 aliphatic carbocycles. The van der Waals surface area contributed by atoms with Crippen LogP contribution in [-0.4, -0.2) is 10.9 Å². The van der Waals surface area contributed by atoms with Crippen molar-refractivity contribution in [2.24, 2.45) is 0 Å². The van der Waals surface area contributed by atoms with Crippen LogP contribution < -0.4 is 11.1 Å². The lowest BCUT2D eigenvalue weighted by molar-refractivity contribution is 0.0939. The van der Waals surface area contributed by atoms with Crippen LogP contribution >= 0.6 is 15.9 Å². The third kappa shape index (κ3) is 3.19. The number of nitrogen functional groups attached to an aromatic ring is 1. The first kappa shape index (κ1) is 15.5. The minimum atomic E-state index is -0.189. The number of carbonyl (C=O) groups is 1. The van der Waals surface area contributed by atoms with E-state index in [2.05, 4.69) is 44.4 Å². The molecule has 2 aromatic carbocycles. The second-order valence-corrected chi connectivity index (χ2v) is 6.21. The van der Waals surface area contributed by atoms with Crippen molar-refractivity contribution in [1.82, 2.24) is 10.3 Å². The van der Waals surface area contributed by atoms with E-state index in [1.54, 1.807) is 6.07 Å². The molecule has 4 nitrogen and oxygen atoms in total. The Labute approximate surface area is 142 Å². The van der Waals surface area contributed by atoms with E-state index in [1.807, 2.05) is 31.2 Å². The van der Waals surface area contributed by atoms with Gasteiger partial charge in [0.2, 0.25) is 0 Å². The SMILES string of the molecule is C[C@@H](NC(=O)c1cc(N)ncc1Br)c1cccc2ccccc12. The highest BCUT2D eigenvalue weighted by Crippen LogP contribution is 2.25. The van der Waals surface area contributed by atoms with E-state index >= 15 is 0 Å². The highest BCUT2D eigenvalue weighted by atomic mass is 79.9. The van der Waals surface area contributed by atoms with Gasteiger partial charge in [0.05, 0.1) is 11.6 Å². The third-order valence-electron chi connectivity index (χ3n) is 3.76. The molecule has 1 aromatic heterocycles. The molecule has 0 unspecified atom stereocenters. The molecule has 116 valence electrons. The zero-order valence-corrected chi connectivity index (χ0v) is 14.2. The molecular weight excluding hydrogens is 354 g/mol. The largest absolute Gasteiger partial charge is 0.384 e. The molecule has 1 amide bonds. The molecule has 23 heavy (non-hydrogen) atoms. The second kappa shape index (κ2) is 6.38. The van der Waals surface area contributed by atoms with Crippen molar-refractivity contribution < 1.29 is 4.79 Å². The van der Waals surface area contributed by atoms with Gasteiger partial charge in [0.1, 0.15) is 5.82 Å². The number of anilines is 1. The van der Waals surface area contributed by atoms with Gasteiger partial charge in [-0.05, 0) is 45.3 Å². The van der Waals surface area contributed by atoms with Crippen LogP contribution in [0.3, 0.4) is 0 Å². The summed E-state index contributed by atoms with van der Waals surface area (Å²) in [6.45, 7) is 1.97. The predicted octanol–water partition coefficient (Wildman–Crippen LogP) is 4.07. The van der Waals surface area contributed by atoms with Crippen LogP contribution in [0.4, 0.5) is 5.82 Å². The standard InChI is InChI=1S/C18H16BrN3O/c1-11(13-8-4-6-12-5-2-3-7-14(12)13)22-18(23)15-9-17(20)21-10-16(15)19/h2-11H,1H3,(H2,20,21)(H,22,23)/t11-/m1/s1. The summed E-state index contributed by atoms with van der Waals surface area (Å²) in [6.07, 6.45) is 1.53. The third-order valence-corrected chi connectivity index (χ3v) is 4.39. The minimum absolute atomic E-state index is 0.130. The smallest absolute Gasteiger partial charge is 0.253 e. The number of rotatable bonds is 3. The Morgan fingerprint density at radius 2 is 1.96 bits per heavy atom. The van der Waals surface area contributed by atoms with Gasteiger partial charge >= 0.3 is 0 Å². The van der Waals surface area contributed by atoms with Crippen molar-refractivity contribution >= 4 is 38.4 Å². The van der Waals surface area contributed by atoms with Crippen LogP contribution in [-0.2, 0) is 0 Å². The molecular formula is C18H16BrN3O. The summed E-state index contributed by atoms with van der Waals surface area (Å²) < 4.78 is 0.620. The predicted molar refractivity (Wildman–Crippen MR) is 96.2 cm³/mol. The Bertz CT molecular complexity index is 874. The summed E-state index contributed by atoms with van der Waals surface area (Å²) in [5, 5.41) is 5.31. The fraction of sp³-hybridized carbons (Fsp3) is 0.111. The summed E-state index contributed by atoms with van der Waals surface area (Å²) in [5.41, 5.74) is 7.22. The molecule has 0 fully saturated rings. The fourth-order valence-electron chi connectivity index (χ4n) is 2.61. The number of carbonyl (C=O) groups excluding carboxylic acids is 1. The van der Waals surface area contributed by atoms with Crippen LogP contribution in [0, 0.1) is 0 Å². The zero-order valence-electron chi connectivity index (χ0n) is 12.6. The van der Waals surface area contributed by atoms with Crippen molar-refractivity contribution in [2.75, 3.05) is 5.73 Å². The first-order valence-electron chi connectivity index (χ1n) is 7.26. The molecule has 0 radical (unpaired) electrons. The Morgan fingerprint density at radius 3 is 2.78 bits per heavy atom. The summed E-state index contributed by atoms with van der Waals surface area (Å²) in [4.78, 5) is 16.5. The van der Waals surface area contributed by atoms with E-state index in [4.69, 9.17) is 5.73 Å². The van der Waals surface area contributed by atoms with Gasteiger partial charge in [-0.25, -0.2) is 4.98 Å². The molecule has 0 bridgehead atoms. The van der Waals surface area contributed by atoms with Gasteiger partial charge in [-0.15, -0.1) is 0 Å². The van der Waals surface area contributed by atoms with Gasteiger partial charge in [0.25, 0.3) is 5.91 Å². The highest BCUT2D eigenvalue weighted by Gasteiger charge is 2.16. The Morgan fingerprint density at radius 1 is 1.22 bits per heavy atom. The van der Waals surface area contributed by atoms with Crippen molar-refractivity contribution in [3.05, 3.63) is 70.3 Å². The van der Waals surface area contributed by atoms with E-state index in [9.17, 15) is 4.79 Å². The fourth-order valence-corrected chi connectivity index (χ4v) is 3.01. The number of hydrogen-bond donors (Lipinski definition) is 2. The number of halogens is 1. The van der Waals surface area contributed by atoms with E-state index in [-0.39, 0.29) is 11.9 Å². The molecule has 0 spiro atoms. The lowest BCUT2D eigenvalue weighted by Crippen LogP contribution is -2.27. The van der Waals surface area contributed by atoms with Crippen molar-refractivity contribution in [3.8, 4) is 0 Å². The average Bonchev–Trinajstić information content (AvgIpc) is 2.56. The van der Waals surface area contributed by atoms with Crippen LogP contribution in [0.5, 0.6) is 0 Å². The molecule has 3 rings (SSSR count). The molecule has 0 aliphatic heterocycles. The number of nitrogens with one attached hydrogen (secondary N) is 1. The average molecular weight is 370 g/mol. The van der Waals surface area contributed by atoms with Gasteiger partial charge in [-0.2, -0.15) is 0 Å². The van der Waals surface area contributed by atoms with Gasteiger partial charge in [-0.1, -0.05) is 42.5 Å². The molecule has 0 saturated carbocycles. The van der Waals surface area contributed by atoms with Crippen LogP contribution in [0.1, 0.15) is 28.9 Å². The molecule has 3 N–H and O–H groups in total. The van der Waals surface area contributed by atoms with E-state index in [1.165, 1.54) is 6.20 Å². The topological polar surface area (TPSA) is 68.0 Å². The van der Waals surface area contributed by atoms with E-state index in [0.717, 1.165) is 16.3 Å². The van der Waals surface area contributed by atoms with Gasteiger partial charge in [-0.3, -0.25) is 4.79 Å². The zero-order chi connectivity index (χ0) is 16.4. The van der Waals surface area contributed by atoms with Gasteiger partial charge < -0.3 is 11.1 Å². The molecule has 0 saturated heterocycles. The quantitative estimate of drug-likeness (QED) is 0.730. The minimum Gasteiger partial charge on any atom is -0.384 e. The second-order valence-electron chi connectivity index (χ2n) is 5.35. The Kier molecular flexibility index (Phi) is 4.30. The lowest BCUT2D eigenvalue weighted by Gasteiger charge is -2.17. The number of nitrogens with two attached hydrogens (primary N) is 1. The number of benzene rings is 2. The normalized spacial score (nSPS) is 12.1. The molecule has 1 atom stereocenters. The first-order chi connectivity index (χ1) is 11.1. The van der Waals surface area contributed by atoms with Crippen molar-refractivity contribution in [3.63, 3.8) is 0 Å². The van der Waals surface area contributed by atoms with E-state index in [0.29, 0.717) is 15.9 Å². The summed E-state index contributed by atoms with van der Waals surface area (Å²) in [7, 11) is 0. The number of pyridine rings is 1. The summed E-state index contributed by atoms with van der Waals surface area (Å²) >= 11 is 3.34. The first-order valence-corrected chi connectivity index (χ1v) is 8.05. The van der Waals surface area contributed by atoms with Crippen LogP contribution in [0.25, 0.3) is 10.8 Å². The van der Waals surface area contributed by atoms with Crippen molar-refractivity contribution in [2.45, 2.75) is 13.0 Å². The van der Waals surface area contributed by atoms with Crippen LogP contribution in [0.2, 0.25) is 0 Å². The number of fused-ring (bicyclic) bond motifs is 1. The maximum atomic E-state index is 12.5. The molecule has 3 aromatic rings. The Balaban J connectivity index is 1.90. The maximum Gasteiger partial charge on any atom is 0.253 e. The number of hydrogen-bond acceptors (Lipinski definition) is 3. The Hall–Kier alpha value is -2.40. The van der Waals surface area contributed by atoms with Gasteiger partial charge in [0.15, 0.2) is 0 Å². The highest BCUT2D eigenvalue weighted by molar-refractivity contribution is 9.10. The number of nitrogens with zero attached hydrogens (tertiary/aromatic N) is 1. The molecule has 1 heterocycles. The summed E-state index contributed by atoms with van der Waals surface area (Å²) in [5.74, 6) is 0.127. The van der Waals surface area contributed by atoms with Crippen LogP contribution in [0.15, 0.2) is 59.2 Å². The van der Waals surface area contributed by atoms with Crippen molar-refractivity contribution in [1.29, 1.82) is 0 Å².